The highest BCUT2D eigenvalue weighted by atomic mass is 79.9. The number of rotatable bonds is 4. The third kappa shape index (κ3) is 3.27. The Morgan fingerprint density at radius 2 is 2.22 bits per heavy atom. The molecule has 0 radical (unpaired) electrons. The van der Waals surface area contributed by atoms with Gasteiger partial charge in [0, 0.05) is 22.5 Å². The van der Waals surface area contributed by atoms with Gasteiger partial charge in [-0.25, -0.2) is 0 Å². The molecule has 1 aromatic carbocycles. The largest absolute Gasteiger partial charge is 0.490 e. The van der Waals surface area contributed by atoms with Crippen molar-refractivity contribution in [1.29, 1.82) is 0 Å². The topological polar surface area (TPSA) is 21.3 Å². The van der Waals surface area contributed by atoms with Crippen LogP contribution in [0.15, 0.2) is 22.7 Å². The molecule has 1 aliphatic heterocycles. The highest BCUT2D eigenvalue weighted by Gasteiger charge is 2.28. The van der Waals surface area contributed by atoms with E-state index in [9.17, 15) is 0 Å². The molecule has 2 atom stereocenters. The summed E-state index contributed by atoms with van der Waals surface area (Å²) in [6, 6.07) is 6.77. The van der Waals surface area contributed by atoms with Gasteiger partial charge >= 0.3 is 0 Å². The second-order valence-electron chi connectivity index (χ2n) is 5.40. The summed E-state index contributed by atoms with van der Waals surface area (Å²) < 4.78 is 7.22. The van der Waals surface area contributed by atoms with Crippen molar-refractivity contribution < 1.29 is 4.74 Å². The zero-order valence-electron chi connectivity index (χ0n) is 11.4. The summed E-state index contributed by atoms with van der Waals surface area (Å²) >= 11 is 3.52. The molecule has 2 nitrogen and oxygen atoms in total. The number of benzene rings is 1. The van der Waals surface area contributed by atoms with Crippen LogP contribution in [0.2, 0.25) is 0 Å². The SMILES string of the molecule is CCNC1CC(CC(C)C)Oc2cc(Br)ccc21. The van der Waals surface area contributed by atoms with Gasteiger partial charge in [0.15, 0.2) is 0 Å². The molecule has 100 valence electrons. The Morgan fingerprint density at radius 3 is 2.89 bits per heavy atom. The normalized spacial score (nSPS) is 22.7. The lowest BCUT2D eigenvalue weighted by Gasteiger charge is -2.33. The molecule has 0 aliphatic carbocycles. The fourth-order valence-electron chi connectivity index (χ4n) is 2.63. The van der Waals surface area contributed by atoms with E-state index in [1.807, 2.05) is 0 Å². The van der Waals surface area contributed by atoms with E-state index in [1.54, 1.807) is 0 Å². The van der Waals surface area contributed by atoms with E-state index in [0.717, 1.165) is 29.6 Å². The first kappa shape index (κ1) is 13.9. The monoisotopic (exact) mass is 311 g/mol. The number of halogens is 1. The second kappa shape index (κ2) is 6.07. The Labute approximate surface area is 118 Å². The van der Waals surface area contributed by atoms with E-state index in [1.165, 1.54) is 5.56 Å². The summed E-state index contributed by atoms with van der Waals surface area (Å²) in [5.74, 6) is 1.71. The van der Waals surface area contributed by atoms with Crippen molar-refractivity contribution in [3.8, 4) is 5.75 Å². The van der Waals surface area contributed by atoms with Gasteiger partial charge in [0.05, 0.1) is 0 Å². The zero-order chi connectivity index (χ0) is 13.1. The van der Waals surface area contributed by atoms with Gasteiger partial charge in [-0.2, -0.15) is 0 Å². The lowest BCUT2D eigenvalue weighted by Crippen LogP contribution is -2.33. The van der Waals surface area contributed by atoms with Crippen LogP contribution in [0.1, 0.15) is 45.2 Å². The number of hydrogen-bond acceptors (Lipinski definition) is 2. The summed E-state index contributed by atoms with van der Waals surface area (Å²) in [4.78, 5) is 0. The molecule has 1 aliphatic rings. The predicted molar refractivity (Wildman–Crippen MR) is 79.0 cm³/mol. The first-order chi connectivity index (χ1) is 8.60. The summed E-state index contributed by atoms with van der Waals surface area (Å²) in [7, 11) is 0. The molecule has 0 spiro atoms. The molecular weight excluding hydrogens is 290 g/mol. The maximum absolute atomic E-state index is 6.13. The quantitative estimate of drug-likeness (QED) is 0.895. The van der Waals surface area contributed by atoms with E-state index in [4.69, 9.17) is 4.74 Å². The number of fused-ring (bicyclic) bond motifs is 1. The van der Waals surface area contributed by atoms with Gasteiger partial charge in [0.25, 0.3) is 0 Å². The minimum absolute atomic E-state index is 0.329. The number of hydrogen-bond donors (Lipinski definition) is 1. The Hall–Kier alpha value is -0.540. The molecule has 18 heavy (non-hydrogen) atoms. The molecule has 0 aromatic heterocycles. The van der Waals surface area contributed by atoms with Crippen LogP contribution in [0, 0.1) is 5.92 Å². The van der Waals surface area contributed by atoms with E-state index < -0.39 is 0 Å². The fourth-order valence-corrected chi connectivity index (χ4v) is 2.97. The van der Waals surface area contributed by atoms with Crippen LogP contribution in [0.4, 0.5) is 0 Å². The van der Waals surface area contributed by atoms with Crippen LogP contribution >= 0.6 is 15.9 Å². The maximum Gasteiger partial charge on any atom is 0.125 e. The highest BCUT2D eigenvalue weighted by Crippen LogP contribution is 2.38. The standard InChI is InChI=1S/C15H22BrNO/c1-4-17-14-9-12(7-10(2)3)18-15-8-11(16)5-6-13(14)15/h5-6,8,10,12,14,17H,4,7,9H2,1-3H3. The molecule has 1 N–H and O–H groups in total. The Balaban J connectivity index is 2.22. The molecule has 0 saturated carbocycles. The summed E-state index contributed by atoms with van der Waals surface area (Å²) in [5.41, 5.74) is 1.29. The maximum atomic E-state index is 6.13. The van der Waals surface area contributed by atoms with Gasteiger partial charge in [-0.05, 0) is 31.0 Å². The molecule has 0 amide bonds. The van der Waals surface area contributed by atoms with Gasteiger partial charge in [-0.15, -0.1) is 0 Å². The molecule has 0 saturated heterocycles. The van der Waals surface area contributed by atoms with Crippen LogP contribution in [0.3, 0.4) is 0 Å². The Morgan fingerprint density at radius 1 is 1.44 bits per heavy atom. The average Bonchev–Trinajstić information content (AvgIpc) is 2.27. The van der Waals surface area contributed by atoms with Crippen molar-refractivity contribution in [2.45, 2.75) is 45.8 Å². The molecule has 0 fully saturated rings. The van der Waals surface area contributed by atoms with E-state index in [-0.39, 0.29) is 0 Å². The van der Waals surface area contributed by atoms with Crippen molar-refractivity contribution in [1.82, 2.24) is 5.32 Å². The summed E-state index contributed by atoms with van der Waals surface area (Å²) in [6.45, 7) is 7.66. The smallest absolute Gasteiger partial charge is 0.125 e. The van der Waals surface area contributed by atoms with E-state index in [0.29, 0.717) is 18.1 Å². The molecule has 1 aromatic rings. The van der Waals surface area contributed by atoms with Crippen LogP contribution in [-0.2, 0) is 0 Å². The van der Waals surface area contributed by atoms with Crippen LogP contribution in [-0.4, -0.2) is 12.6 Å². The van der Waals surface area contributed by atoms with Crippen molar-refractivity contribution in [3.63, 3.8) is 0 Å². The minimum Gasteiger partial charge on any atom is -0.490 e. The van der Waals surface area contributed by atoms with Crippen LogP contribution in [0.25, 0.3) is 0 Å². The lowest BCUT2D eigenvalue weighted by atomic mass is 9.92. The Kier molecular flexibility index (Phi) is 4.68. The van der Waals surface area contributed by atoms with Crippen LogP contribution in [0.5, 0.6) is 5.75 Å². The Bertz CT molecular complexity index is 405. The average molecular weight is 312 g/mol. The van der Waals surface area contributed by atoms with Gasteiger partial charge in [0.2, 0.25) is 0 Å². The first-order valence-corrected chi connectivity index (χ1v) is 7.59. The third-order valence-corrected chi connectivity index (χ3v) is 3.82. The van der Waals surface area contributed by atoms with E-state index in [2.05, 4.69) is 60.2 Å². The van der Waals surface area contributed by atoms with E-state index >= 15 is 0 Å². The van der Waals surface area contributed by atoms with Crippen LogP contribution < -0.4 is 10.1 Å². The second-order valence-corrected chi connectivity index (χ2v) is 6.31. The van der Waals surface area contributed by atoms with Gasteiger partial charge < -0.3 is 10.1 Å². The first-order valence-electron chi connectivity index (χ1n) is 6.79. The fraction of sp³-hybridized carbons (Fsp3) is 0.600. The van der Waals surface area contributed by atoms with Crippen molar-refractivity contribution >= 4 is 15.9 Å². The van der Waals surface area contributed by atoms with Crippen molar-refractivity contribution in [2.24, 2.45) is 5.92 Å². The summed E-state index contributed by atoms with van der Waals surface area (Å²) in [5, 5.41) is 3.57. The van der Waals surface area contributed by atoms with Crippen molar-refractivity contribution in [3.05, 3.63) is 28.2 Å². The van der Waals surface area contributed by atoms with Gasteiger partial charge in [-0.3, -0.25) is 0 Å². The van der Waals surface area contributed by atoms with Gasteiger partial charge in [0.1, 0.15) is 11.9 Å². The molecule has 0 bridgehead atoms. The molecular formula is C15H22BrNO. The molecule has 2 unspecified atom stereocenters. The lowest BCUT2D eigenvalue weighted by molar-refractivity contribution is 0.128. The number of nitrogens with one attached hydrogen (secondary N) is 1. The third-order valence-electron chi connectivity index (χ3n) is 3.33. The molecule has 3 heteroatoms. The molecule has 1 heterocycles. The number of ether oxygens (including phenoxy) is 1. The van der Waals surface area contributed by atoms with Crippen molar-refractivity contribution in [2.75, 3.05) is 6.54 Å². The molecule has 2 rings (SSSR count). The highest BCUT2D eigenvalue weighted by molar-refractivity contribution is 9.10. The minimum atomic E-state index is 0.329. The summed E-state index contributed by atoms with van der Waals surface area (Å²) in [6.07, 6.45) is 2.52. The zero-order valence-corrected chi connectivity index (χ0v) is 13.0. The predicted octanol–water partition coefficient (Wildman–Crippen LogP) is 4.30. The van der Waals surface area contributed by atoms with Gasteiger partial charge in [-0.1, -0.05) is 42.8 Å².